The average molecular weight is 591 g/mol. The SMILES string of the molecule is COc1ccc(C#Cc2ccc(N3CCN(N(C(C)CC(=O)O)S(=O)O)CC3)cc2)cc1C(=O)NCc1ccccc1. The predicted molar refractivity (Wildman–Crippen MR) is 161 cm³/mol. The van der Waals surface area contributed by atoms with Crippen LogP contribution in [0.2, 0.25) is 0 Å². The van der Waals surface area contributed by atoms with Crippen molar-refractivity contribution in [2.24, 2.45) is 0 Å². The van der Waals surface area contributed by atoms with Gasteiger partial charge >= 0.3 is 5.97 Å². The van der Waals surface area contributed by atoms with Gasteiger partial charge in [-0.3, -0.25) is 14.1 Å². The molecular weight excluding hydrogens is 556 g/mol. The van der Waals surface area contributed by atoms with Crippen molar-refractivity contribution in [2.75, 3.05) is 38.2 Å². The molecule has 10 nitrogen and oxygen atoms in total. The van der Waals surface area contributed by atoms with Crippen LogP contribution in [0.5, 0.6) is 5.75 Å². The molecule has 220 valence electrons. The van der Waals surface area contributed by atoms with Crippen LogP contribution in [0.3, 0.4) is 0 Å². The Bertz CT molecular complexity index is 1460. The fraction of sp³-hybridized carbons (Fsp3) is 0.290. The Labute approximate surface area is 248 Å². The van der Waals surface area contributed by atoms with Crippen molar-refractivity contribution < 1.29 is 28.2 Å². The summed E-state index contributed by atoms with van der Waals surface area (Å²) in [6, 6.07) is 22.1. The number of carboxylic acid groups (broad SMARTS) is 1. The molecule has 0 aromatic heterocycles. The molecule has 1 saturated heterocycles. The summed E-state index contributed by atoms with van der Waals surface area (Å²) in [5, 5.41) is 13.7. The van der Waals surface area contributed by atoms with Crippen LogP contribution in [0.15, 0.2) is 72.8 Å². The molecule has 1 aliphatic heterocycles. The van der Waals surface area contributed by atoms with E-state index in [-0.39, 0.29) is 12.3 Å². The van der Waals surface area contributed by atoms with E-state index in [1.165, 1.54) is 11.5 Å². The Morgan fingerprint density at radius 2 is 1.64 bits per heavy atom. The number of hydrogen-bond acceptors (Lipinski definition) is 6. The molecule has 0 aliphatic carbocycles. The quantitative estimate of drug-likeness (QED) is 0.243. The lowest BCUT2D eigenvalue weighted by atomic mass is 10.1. The molecule has 1 aliphatic rings. The van der Waals surface area contributed by atoms with Crippen molar-refractivity contribution >= 4 is 28.8 Å². The number of nitrogens with zero attached hydrogens (tertiary/aromatic N) is 3. The van der Waals surface area contributed by atoms with Gasteiger partial charge in [0.05, 0.1) is 19.1 Å². The van der Waals surface area contributed by atoms with Crippen molar-refractivity contribution in [3.8, 4) is 17.6 Å². The Hall–Kier alpha value is -4.21. The van der Waals surface area contributed by atoms with Gasteiger partial charge in [0.2, 0.25) is 11.3 Å². The minimum Gasteiger partial charge on any atom is -0.496 e. The highest BCUT2D eigenvalue weighted by Gasteiger charge is 2.30. The molecule has 3 aromatic carbocycles. The molecule has 2 unspecified atom stereocenters. The van der Waals surface area contributed by atoms with E-state index < -0.39 is 23.3 Å². The molecule has 0 radical (unpaired) electrons. The monoisotopic (exact) mass is 590 g/mol. The van der Waals surface area contributed by atoms with Crippen LogP contribution in [0, 0.1) is 11.8 Å². The average Bonchev–Trinajstić information content (AvgIpc) is 2.99. The number of carbonyl (C=O) groups excluding carboxylic acids is 1. The summed E-state index contributed by atoms with van der Waals surface area (Å²) in [4.78, 5) is 26.1. The van der Waals surface area contributed by atoms with E-state index in [1.807, 2.05) is 60.7 Å². The van der Waals surface area contributed by atoms with Crippen LogP contribution < -0.4 is 15.0 Å². The third-order valence-corrected chi connectivity index (χ3v) is 7.78. The number of hydrazine groups is 1. The van der Waals surface area contributed by atoms with E-state index in [9.17, 15) is 18.4 Å². The second-order valence-electron chi connectivity index (χ2n) is 9.80. The summed E-state index contributed by atoms with van der Waals surface area (Å²) in [6.45, 7) is 4.22. The number of hydrogen-bond donors (Lipinski definition) is 3. The van der Waals surface area contributed by atoms with E-state index in [1.54, 1.807) is 24.1 Å². The van der Waals surface area contributed by atoms with E-state index in [0.29, 0.717) is 49.6 Å². The van der Waals surface area contributed by atoms with Crippen LogP contribution in [-0.4, -0.2) is 74.5 Å². The second kappa shape index (κ2) is 14.6. The number of nitrogens with one attached hydrogen (secondary N) is 1. The topological polar surface area (TPSA) is 123 Å². The van der Waals surface area contributed by atoms with Gasteiger partial charge in [-0.05, 0) is 55.0 Å². The molecule has 4 rings (SSSR count). The number of carboxylic acids is 1. The minimum atomic E-state index is -2.31. The normalized spacial score (nSPS) is 14.9. The molecule has 3 N–H and O–H groups in total. The Morgan fingerprint density at radius 1 is 1.00 bits per heavy atom. The van der Waals surface area contributed by atoms with Gasteiger partial charge in [0.25, 0.3) is 5.91 Å². The summed E-state index contributed by atoms with van der Waals surface area (Å²) in [7, 11) is 1.53. The fourth-order valence-corrected chi connectivity index (χ4v) is 5.49. The maximum Gasteiger partial charge on any atom is 0.305 e. The molecule has 0 bridgehead atoms. The molecule has 0 saturated carbocycles. The van der Waals surface area contributed by atoms with Gasteiger partial charge in [0.1, 0.15) is 5.75 Å². The first-order valence-corrected chi connectivity index (χ1v) is 14.6. The summed E-state index contributed by atoms with van der Waals surface area (Å²) in [5.74, 6) is 5.49. The standard InChI is InChI=1S/C31H34N4O6S/c1-23(20-30(36)37)35(42(39)40)34-18-16-33(17-19-34)27-13-10-24(11-14-27)8-9-25-12-15-29(41-2)28(21-25)31(38)32-22-26-6-4-3-5-7-26/h3-7,10-15,21,23H,16-20,22H2,1-2H3,(H,32,38)(H,36,37)(H,39,40). The summed E-state index contributed by atoms with van der Waals surface area (Å²) < 4.78 is 28.3. The lowest BCUT2D eigenvalue weighted by Crippen LogP contribution is -2.57. The fourth-order valence-electron chi connectivity index (χ4n) is 4.75. The number of rotatable bonds is 10. The zero-order chi connectivity index (χ0) is 30.1. The number of benzene rings is 3. The predicted octanol–water partition coefficient (Wildman–Crippen LogP) is 3.36. The number of ether oxygens (including phenoxy) is 1. The summed E-state index contributed by atoms with van der Waals surface area (Å²) in [6.07, 6.45) is -0.228. The largest absolute Gasteiger partial charge is 0.496 e. The molecule has 1 fully saturated rings. The third kappa shape index (κ3) is 8.18. The third-order valence-electron chi connectivity index (χ3n) is 6.87. The first kappa shape index (κ1) is 30.7. The highest BCUT2D eigenvalue weighted by atomic mass is 32.2. The first-order valence-electron chi connectivity index (χ1n) is 13.5. The van der Waals surface area contributed by atoms with Crippen LogP contribution in [-0.2, 0) is 22.6 Å². The van der Waals surface area contributed by atoms with Crippen molar-refractivity contribution in [1.29, 1.82) is 0 Å². The highest BCUT2D eigenvalue weighted by Crippen LogP contribution is 2.22. The summed E-state index contributed by atoms with van der Waals surface area (Å²) in [5.41, 5.74) is 3.91. The molecular formula is C31H34N4O6S. The summed E-state index contributed by atoms with van der Waals surface area (Å²) >= 11 is -2.31. The van der Waals surface area contributed by atoms with Gasteiger partial charge < -0.3 is 20.1 Å². The number of aliphatic carboxylic acids is 1. The van der Waals surface area contributed by atoms with Gasteiger partial charge in [0, 0.05) is 55.6 Å². The van der Waals surface area contributed by atoms with Crippen LogP contribution >= 0.6 is 0 Å². The van der Waals surface area contributed by atoms with Crippen LogP contribution in [0.1, 0.15) is 40.4 Å². The van der Waals surface area contributed by atoms with Crippen molar-refractivity contribution in [1.82, 2.24) is 14.7 Å². The second-order valence-corrected chi connectivity index (χ2v) is 10.6. The van der Waals surface area contributed by atoms with Crippen LogP contribution in [0.25, 0.3) is 0 Å². The lowest BCUT2D eigenvalue weighted by Gasteiger charge is -2.41. The van der Waals surface area contributed by atoms with Crippen molar-refractivity contribution in [3.63, 3.8) is 0 Å². The zero-order valence-corrected chi connectivity index (χ0v) is 24.3. The number of piperazine rings is 1. The van der Waals surface area contributed by atoms with E-state index in [2.05, 4.69) is 22.1 Å². The van der Waals surface area contributed by atoms with Gasteiger partial charge in [-0.15, -0.1) is 4.41 Å². The Morgan fingerprint density at radius 3 is 2.26 bits per heavy atom. The molecule has 1 heterocycles. The number of carbonyl (C=O) groups is 2. The molecule has 3 aromatic rings. The van der Waals surface area contributed by atoms with Gasteiger partial charge in [-0.1, -0.05) is 42.2 Å². The minimum absolute atomic E-state index is 0.228. The van der Waals surface area contributed by atoms with Crippen molar-refractivity contribution in [2.45, 2.75) is 25.9 Å². The molecule has 2 atom stereocenters. The Balaban J connectivity index is 1.38. The van der Waals surface area contributed by atoms with Gasteiger partial charge in [0.15, 0.2) is 0 Å². The van der Waals surface area contributed by atoms with Gasteiger partial charge in [-0.2, -0.15) is 0 Å². The molecule has 0 spiro atoms. The maximum absolute atomic E-state index is 12.9. The molecule has 42 heavy (non-hydrogen) atoms. The number of anilines is 1. The van der Waals surface area contributed by atoms with E-state index >= 15 is 0 Å². The number of methoxy groups -OCH3 is 1. The lowest BCUT2D eigenvalue weighted by molar-refractivity contribution is -0.139. The van der Waals surface area contributed by atoms with Crippen LogP contribution in [0.4, 0.5) is 5.69 Å². The molecule has 11 heteroatoms. The zero-order valence-electron chi connectivity index (χ0n) is 23.5. The van der Waals surface area contributed by atoms with E-state index in [4.69, 9.17) is 9.84 Å². The smallest absolute Gasteiger partial charge is 0.305 e. The highest BCUT2D eigenvalue weighted by molar-refractivity contribution is 7.76. The van der Waals surface area contributed by atoms with E-state index in [0.717, 1.165) is 16.8 Å². The first-order chi connectivity index (χ1) is 20.2. The number of amides is 1. The Kier molecular flexibility index (Phi) is 10.7. The van der Waals surface area contributed by atoms with Crippen molar-refractivity contribution in [3.05, 3.63) is 95.1 Å². The maximum atomic E-state index is 12.9. The molecule has 1 amide bonds. The van der Waals surface area contributed by atoms with Gasteiger partial charge in [-0.25, -0.2) is 9.22 Å².